The molecule has 1 saturated heterocycles. The number of benzene rings is 1. The molecule has 1 aromatic carbocycles. The van der Waals surface area contributed by atoms with Crippen molar-refractivity contribution < 1.29 is 22.7 Å². The number of amides is 1. The van der Waals surface area contributed by atoms with Crippen molar-refractivity contribution >= 4 is 15.9 Å². The van der Waals surface area contributed by atoms with Gasteiger partial charge < -0.3 is 14.8 Å². The summed E-state index contributed by atoms with van der Waals surface area (Å²) in [7, 11) is -1.95. The Kier molecular flexibility index (Phi) is 9.16. The fourth-order valence-electron chi connectivity index (χ4n) is 4.31. The summed E-state index contributed by atoms with van der Waals surface area (Å²) in [6.07, 6.45) is 9.60. The minimum Gasteiger partial charge on any atom is -0.496 e. The summed E-state index contributed by atoms with van der Waals surface area (Å²) in [4.78, 5) is 12.5. The zero-order valence-electron chi connectivity index (χ0n) is 18.6. The Balaban J connectivity index is 1.49. The number of rotatable bonds is 11. The van der Waals surface area contributed by atoms with Crippen LogP contribution >= 0.6 is 0 Å². The summed E-state index contributed by atoms with van der Waals surface area (Å²) in [5, 5.41) is 2.93. The number of carbonyl (C=O) groups is 1. The molecule has 1 saturated carbocycles. The fraction of sp³-hybridized carbons (Fsp3) is 0.696. The average molecular weight is 453 g/mol. The van der Waals surface area contributed by atoms with E-state index in [1.165, 1.54) is 12.8 Å². The predicted octanol–water partition coefficient (Wildman–Crippen LogP) is 3.27. The van der Waals surface area contributed by atoms with Crippen LogP contribution in [0, 0.1) is 0 Å². The second-order valence-electron chi connectivity index (χ2n) is 8.42. The minimum absolute atomic E-state index is 0.0489. The van der Waals surface area contributed by atoms with Crippen molar-refractivity contribution in [1.29, 1.82) is 0 Å². The number of ether oxygens (including phenoxy) is 2. The van der Waals surface area contributed by atoms with Gasteiger partial charge in [0, 0.05) is 32.7 Å². The Bertz CT molecular complexity index is 815. The molecule has 2 aliphatic rings. The van der Waals surface area contributed by atoms with Crippen LogP contribution in [0.3, 0.4) is 0 Å². The molecular weight excluding hydrogens is 416 g/mol. The first kappa shape index (κ1) is 24.0. The molecule has 0 unspecified atom stereocenters. The molecule has 174 valence electrons. The Morgan fingerprint density at radius 3 is 2.58 bits per heavy atom. The maximum Gasteiger partial charge on any atom is 0.243 e. The second kappa shape index (κ2) is 11.8. The third-order valence-electron chi connectivity index (χ3n) is 6.13. The van der Waals surface area contributed by atoms with E-state index in [2.05, 4.69) is 5.32 Å². The number of hydrogen-bond donors (Lipinski definition) is 1. The van der Waals surface area contributed by atoms with E-state index in [4.69, 9.17) is 9.47 Å². The van der Waals surface area contributed by atoms with Gasteiger partial charge in [0.25, 0.3) is 0 Å². The van der Waals surface area contributed by atoms with Crippen LogP contribution in [-0.2, 0) is 26.0 Å². The molecule has 7 nitrogen and oxygen atoms in total. The molecule has 1 amide bonds. The second-order valence-corrected chi connectivity index (χ2v) is 10.4. The molecule has 1 aliphatic heterocycles. The van der Waals surface area contributed by atoms with Crippen molar-refractivity contribution in [2.45, 2.75) is 75.2 Å². The molecule has 0 atom stereocenters. The summed E-state index contributed by atoms with van der Waals surface area (Å²) >= 11 is 0. The first-order chi connectivity index (χ1) is 15.0. The van der Waals surface area contributed by atoms with Crippen LogP contribution in [-0.4, -0.2) is 58.1 Å². The van der Waals surface area contributed by atoms with Gasteiger partial charge >= 0.3 is 0 Å². The minimum atomic E-state index is -3.51. The molecule has 1 aliphatic carbocycles. The first-order valence-electron chi connectivity index (χ1n) is 11.6. The molecule has 31 heavy (non-hydrogen) atoms. The normalized spacial score (nSPS) is 18.2. The van der Waals surface area contributed by atoms with E-state index in [1.54, 1.807) is 29.6 Å². The lowest BCUT2D eigenvalue weighted by Crippen LogP contribution is -2.35. The number of aryl methyl sites for hydroxylation is 1. The molecule has 1 heterocycles. The smallest absolute Gasteiger partial charge is 0.243 e. The molecule has 0 aromatic heterocycles. The van der Waals surface area contributed by atoms with Crippen LogP contribution in [0.25, 0.3) is 0 Å². The van der Waals surface area contributed by atoms with E-state index >= 15 is 0 Å². The van der Waals surface area contributed by atoms with Crippen LogP contribution in [0.2, 0.25) is 0 Å². The number of hydrogen-bond acceptors (Lipinski definition) is 5. The van der Waals surface area contributed by atoms with Gasteiger partial charge in [0.2, 0.25) is 15.9 Å². The first-order valence-corrected chi connectivity index (χ1v) is 13.0. The van der Waals surface area contributed by atoms with Gasteiger partial charge in [-0.2, -0.15) is 4.31 Å². The van der Waals surface area contributed by atoms with E-state index in [1.807, 2.05) is 0 Å². The van der Waals surface area contributed by atoms with Crippen LogP contribution in [0.1, 0.15) is 63.4 Å². The Labute approximate surface area is 186 Å². The highest BCUT2D eigenvalue weighted by Crippen LogP contribution is 2.27. The van der Waals surface area contributed by atoms with Crippen LogP contribution in [0.5, 0.6) is 5.75 Å². The molecular formula is C23H36N2O5S. The molecule has 0 bridgehead atoms. The molecule has 1 aromatic rings. The third kappa shape index (κ3) is 6.92. The van der Waals surface area contributed by atoms with Gasteiger partial charge in [-0.15, -0.1) is 0 Å². The van der Waals surface area contributed by atoms with Gasteiger partial charge in [0.1, 0.15) is 5.75 Å². The zero-order valence-corrected chi connectivity index (χ0v) is 19.4. The molecule has 3 rings (SSSR count). The molecule has 2 fully saturated rings. The van der Waals surface area contributed by atoms with E-state index in [0.717, 1.165) is 44.1 Å². The van der Waals surface area contributed by atoms with Crippen LogP contribution in [0.15, 0.2) is 23.1 Å². The highest BCUT2D eigenvalue weighted by molar-refractivity contribution is 7.89. The van der Waals surface area contributed by atoms with Gasteiger partial charge in [-0.25, -0.2) is 8.42 Å². The van der Waals surface area contributed by atoms with Crippen molar-refractivity contribution in [3.63, 3.8) is 0 Å². The Morgan fingerprint density at radius 2 is 1.87 bits per heavy atom. The van der Waals surface area contributed by atoms with E-state index < -0.39 is 10.0 Å². The SMILES string of the molecule is COc1ccc(S(=O)(=O)N2CCCCC2)cc1CCC(=O)NCCCOC1CCCC1. The summed E-state index contributed by atoms with van der Waals surface area (Å²) in [5.74, 6) is 0.558. The standard InChI is InChI=1S/C23H36N2O5S/c1-29-22-12-11-21(31(27,28)25-15-5-2-6-16-25)18-19(22)10-13-23(26)24-14-7-17-30-20-8-3-4-9-20/h11-12,18,20H,2-10,13-17H2,1H3,(H,24,26). The van der Waals surface area contributed by atoms with E-state index in [0.29, 0.717) is 44.5 Å². The van der Waals surface area contributed by atoms with Gasteiger partial charge in [0.15, 0.2) is 0 Å². The van der Waals surface area contributed by atoms with Crippen molar-refractivity contribution in [2.75, 3.05) is 33.4 Å². The van der Waals surface area contributed by atoms with Gasteiger partial charge in [-0.1, -0.05) is 19.3 Å². The zero-order chi connectivity index (χ0) is 22.1. The van der Waals surface area contributed by atoms with Gasteiger partial charge in [-0.3, -0.25) is 4.79 Å². The Hall–Kier alpha value is -1.64. The number of carbonyl (C=O) groups excluding carboxylic acids is 1. The van der Waals surface area contributed by atoms with E-state index in [9.17, 15) is 13.2 Å². The lowest BCUT2D eigenvalue weighted by Gasteiger charge is -2.26. The molecule has 1 N–H and O–H groups in total. The lowest BCUT2D eigenvalue weighted by atomic mass is 10.1. The number of nitrogens with zero attached hydrogens (tertiary/aromatic N) is 1. The number of sulfonamides is 1. The maximum absolute atomic E-state index is 13.0. The predicted molar refractivity (Wildman–Crippen MR) is 120 cm³/mol. The molecule has 0 radical (unpaired) electrons. The topological polar surface area (TPSA) is 84.9 Å². The maximum atomic E-state index is 13.0. The van der Waals surface area contributed by atoms with Crippen LogP contribution in [0.4, 0.5) is 0 Å². The quantitative estimate of drug-likeness (QED) is 0.521. The lowest BCUT2D eigenvalue weighted by molar-refractivity contribution is -0.121. The monoisotopic (exact) mass is 452 g/mol. The highest BCUT2D eigenvalue weighted by atomic mass is 32.2. The van der Waals surface area contributed by atoms with Gasteiger partial charge in [0.05, 0.1) is 18.1 Å². The summed E-state index contributed by atoms with van der Waals surface area (Å²) < 4.78 is 38.7. The average Bonchev–Trinajstić information content (AvgIpc) is 3.31. The third-order valence-corrected chi connectivity index (χ3v) is 8.02. The fourth-order valence-corrected chi connectivity index (χ4v) is 5.87. The van der Waals surface area contributed by atoms with Crippen molar-refractivity contribution in [3.8, 4) is 5.75 Å². The Morgan fingerprint density at radius 1 is 1.13 bits per heavy atom. The van der Waals surface area contributed by atoms with E-state index in [-0.39, 0.29) is 17.2 Å². The number of nitrogens with one attached hydrogen (secondary N) is 1. The molecule has 0 spiro atoms. The van der Waals surface area contributed by atoms with Crippen LogP contribution < -0.4 is 10.1 Å². The molecule has 8 heteroatoms. The number of methoxy groups -OCH3 is 1. The number of piperidine rings is 1. The summed E-state index contributed by atoms with van der Waals surface area (Å²) in [5.41, 5.74) is 0.736. The summed E-state index contributed by atoms with van der Waals surface area (Å²) in [6.45, 7) is 2.40. The summed E-state index contributed by atoms with van der Waals surface area (Å²) in [6, 6.07) is 4.94. The van der Waals surface area contributed by atoms with Crippen molar-refractivity contribution in [3.05, 3.63) is 23.8 Å². The van der Waals surface area contributed by atoms with Crippen molar-refractivity contribution in [1.82, 2.24) is 9.62 Å². The van der Waals surface area contributed by atoms with Gasteiger partial charge in [-0.05, 0) is 62.3 Å². The van der Waals surface area contributed by atoms with Crippen molar-refractivity contribution in [2.24, 2.45) is 0 Å². The largest absolute Gasteiger partial charge is 0.496 e. The highest BCUT2D eigenvalue weighted by Gasteiger charge is 2.26.